The molecule has 36 heavy (non-hydrogen) atoms. The predicted octanol–water partition coefficient (Wildman–Crippen LogP) is 3.84. The molecule has 5 rings (SSSR count). The van der Waals surface area contributed by atoms with Gasteiger partial charge < -0.3 is 15.3 Å². The number of aliphatic imine (C=N–C) groups is 1. The number of anilines is 1. The van der Waals surface area contributed by atoms with Crippen molar-refractivity contribution in [2.75, 3.05) is 57.3 Å². The molecule has 9 heteroatoms. The molecule has 0 amide bonds. The van der Waals surface area contributed by atoms with Crippen LogP contribution < -0.4 is 10.2 Å². The number of nitrogens with one attached hydrogen (secondary N) is 1. The Labute approximate surface area is 224 Å². The van der Waals surface area contributed by atoms with Crippen LogP contribution in [0.3, 0.4) is 0 Å². The van der Waals surface area contributed by atoms with Crippen LogP contribution in [0.15, 0.2) is 41.5 Å². The lowest BCUT2D eigenvalue weighted by atomic mass is 9.96. The number of piperazine rings is 1. The number of hydrogen-bond acceptors (Lipinski definition) is 7. The van der Waals surface area contributed by atoms with E-state index in [-0.39, 0.29) is 12.6 Å². The molecule has 3 aliphatic heterocycles. The van der Waals surface area contributed by atoms with E-state index in [4.69, 9.17) is 28.2 Å². The van der Waals surface area contributed by atoms with E-state index in [1.165, 1.54) is 0 Å². The highest BCUT2D eigenvalue weighted by Crippen LogP contribution is 2.31. The average molecular weight is 532 g/mol. The number of piperidine rings is 1. The van der Waals surface area contributed by atoms with Crippen molar-refractivity contribution < 1.29 is 5.11 Å². The number of likely N-dealkylation sites (tertiary alicyclic amines) is 1. The summed E-state index contributed by atoms with van der Waals surface area (Å²) in [7, 11) is 0. The second-order valence-corrected chi connectivity index (χ2v) is 10.8. The van der Waals surface area contributed by atoms with Gasteiger partial charge in [-0.25, -0.2) is 4.98 Å². The maximum Gasteiger partial charge on any atom is 0.147 e. The number of aromatic nitrogens is 1. The summed E-state index contributed by atoms with van der Waals surface area (Å²) in [4.78, 5) is 16.7. The summed E-state index contributed by atoms with van der Waals surface area (Å²) in [5.74, 6) is 1.76. The summed E-state index contributed by atoms with van der Waals surface area (Å²) < 4.78 is 0. The van der Waals surface area contributed by atoms with Gasteiger partial charge in [0.05, 0.1) is 24.2 Å². The molecule has 0 spiro atoms. The molecule has 0 aliphatic carbocycles. The first-order chi connectivity index (χ1) is 17.6. The van der Waals surface area contributed by atoms with Gasteiger partial charge in [-0.1, -0.05) is 42.3 Å². The fourth-order valence-corrected chi connectivity index (χ4v) is 6.35. The highest BCUT2D eigenvalue weighted by Gasteiger charge is 2.35. The lowest BCUT2D eigenvalue weighted by Crippen LogP contribution is -2.58. The number of rotatable bonds is 7. The van der Waals surface area contributed by atoms with Crippen LogP contribution in [-0.4, -0.2) is 90.2 Å². The Morgan fingerprint density at radius 1 is 1.11 bits per heavy atom. The Bertz CT molecular complexity index is 1060. The van der Waals surface area contributed by atoms with E-state index in [1.807, 2.05) is 36.5 Å². The van der Waals surface area contributed by atoms with Gasteiger partial charge in [0.15, 0.2) is 0 Å². The molecule has 194 valence electrons. The van der Waals surface area contributed by atoms with Gasteiger partial charge in [0.2, 0.25) is 0 Å². The first-order valence-electron chi connectivity index (χ1n) is 13.1. The van der Waals surface area contributed by atoms with E-state index in [1.54, 1.807) is 0 Å². The molecule has 4 heterocycles. The van der Waals surface area contributed by atoms with Crippen LogP contribution in [0.2, 0.25) is 10.0 Å². The molecular formula is C27H36Cl2N6O. The van der Waals surface area contributed by atoms with Crippen molar-refractivity contribution in [1.82, 2.24) is 20.1 Å². The maximum atomic E-state index is 10.1. The van der Waals surface area contributed by atoms with Crippen LogP contribution in [-0.2, 0) is 0 Å². The van der Waals surface area contributed by atoms with E-state index < -0.39 is 0 Å². The molecule has 1 aromatic heterocycles. The molecule has 2 atom stereocenters. The molecule has 0 radical (unpaired) electrons. The highest BCUT2D eigenvalue weighted by molar-refractivity contribution is 6.33. The van der Waals surface area contributed by atoms with Crippen LogP contribution in [0.5, 0.6) is 0 Å². The number of pyridine rings is 1. The first-order valence-corrected chi connectivity index (χ1v) is 13.9. The topological polar surface area (TPSA) is 67.2 Å². The fraction of sp³-hybridized carbons (Fsp3) is 0.556. The van der Waals surface area contributed by atoms with Crippen molar-refractivity contribution >= 4 is 34.9 Å². The second-order valence-electron chi connectivity index (χ2n) is 9.95. The Kier molecular flexibility index (Phi) is 8.33. The van der Waals surface area contributed by atoms with Crippen LogP contribution in [0.4, 0.5) is 5.82 Å². The molecule has 0 bridgehead atoms. The van der Waals surface area contributed by atoms with Crippen molar-refractivity contribution in [1.29, 1.82) is 0 Å². The van der Waals surface area contributed by atoms with E-state index in [0.717, 1.165) is 92.9 Å². The smallest absolute Gasteiger partial charge is 0.147 e. The molecule has 1 aromatic carbocycles. The minimum atomic E-state index is 0.0311. The van der Waals surface area contributed by atoms with E-state index in [9.17, 15) is 5.11 Å². The van der Waals surface area contributed by atoms with Crippen molar-refractivity contribution in [3.63, 3.8) is 0 Å². The maximum absolute atomic E-state index is 10.1. The minimum absolute atomic E-state index is 0.0311. The van der Waals surface area contributed by atoms with Gasteiger partial charge in [-0.05, 0) is 43.0 Å². The molecule has 0 unspecified atom stereocenters. The van der Waals surface area contributed by atoms with Gasteiger partial charge in [0.25, 0.3) is 0 Å². The molecule has 2 aromatic rings. The minimum Gasteiger partial charge on any atom is -0.394 e. The summed E-state index contributed by atoms with van der Waals surface area (Å²) in [6.07, 6.45) is 5.21. The lowest BCUT2D eigenvalue weighted by Gasteiger charge is -2.48. The Morgan fingerprint density at radius 3 is 2.53 bits per heavy atom. The normalized spacial score (nSPS) is 22.9. The van der Waals surface area contributed by atoms with Crippen LogP contribution in [0, 0.1) is 0 Å². The number of benzene rings is 1. The van der Waals surface area contributed by atoms with Crippen molar-refractivity contribution in [2.24, 2.45) is 4.99 Å². The number of halogens is 2. The zero-order valence-electron chi connectivity index (χ0n) is 20.9. The molecule has 2 N–H and O–H groups in total. The van der Waals surface area contributed by atoms with Crippen molar-refractivity contribution in [2.45, 2.75) is 44.3 Å². The van der Waals surface area contributed by atoms with Gasteiger partial charge in [-0.2, -0.15) is 0 Å². The number of aliphatic hydroxyl groups excluding tert-OH is 1. The largest absolute Gasteiger partial charge is 0.394 e. The van der Waals surface area contributed by atoms with Crippen LogP contribution in [0.1, 0.15) is 43.4 Å². The third-order valence-electron chi connectivity index (χ3n) is 7.90. The summed E-state index contributed by atoms with van der Waals surface area (Å²) in [6.45, 7) is 8.92. The van der Waals surface area contributed by atoms with E-state index >= 15 is 0 Å². The summed E-state index contributed by atoms with van der Waals surface area (Å²) in [5, 5.41) is 14.8. The fourth-order valence-electron chi connectivity index (χ4n) is 5.94. The quantitative estimate of drug-likeness (QED) is 0.566. The molecule has 0 saturated carbocycles. The number of aliphatic hydroxyl groups is 1. The third-order valence-corrected chi connectivity index (χ3v) is 8.44. The lowest BCUT2D eigenvalue weighted by molar-refractivity contribution is 0.0356. The van der Waals surface area contributed by atoms with Gasteiger partial charge >= 0.3 is 0 Å². The number of amidine groups is 1. The van der Waals surface area contributed by atoms with Gasteiger partial charge in [0.1, 0.15) is 11.7 Å². The van der Waals surface area contributed by atoms with E-state index in [2.05, 4.69) is 31.9 Å². The molecule has 7 nitrogen and oxygen atoms in total. The number of hydrogen-bond donors (Lipinski definition) is 2. The predicted molar refractivity (Wildman–Crippen MR) is 148 cm³/mol. The van der Waals surface area contributed by atoms with Gasteiger partial charge in [-0.15, -0.1) is 0 Å². The molecule has 2 saturated heterocycles. The van der Waals surface area contributed by atoms with E-state index in [0.29, 0.717) is 17.1 Å². The SMILES string of the molecule is CC[C@H]1CN(c2ncc(C3=NCCN3)cc2Cl)CCN1C1CCN([C@@H](CO)c2ccc(Cl)cc2)CC1. The second kappa shape index (κ2) is 11.7. The van der Waals surface area contributed by atoms with Gasteiger partial charge in [-0.3, -0.25) is 14.8 Å². The van der Waals surface area contributed by atoms with Crippen molar-refractivity contribution in [3.05, 3.63) is 57.7 Å². The summed E-state index contributed by atoms with van der Waals surface area (Å²) >= 11 is 12.8. The Morgan fingerprint density at radius 2 is 1.89 bits per heavy atom. The summed E-state index contributed by atoms with van der Waals surface area (Å²) in [5.41, 5.74) is 2.09. The Balaban J connectivity index is 1.20. The first kappa shape index (κ1) is 25.7. The third kappa shape index (κ3) is 5.50. The molecule has 3 aliphatic rings. The molecule has 2 fully saturated rings. The van der Waals surface area contributed by atoms with Crippen LogP contribution >= 0.6 is 23.2 Å². The monoisotopic (exact) mass is 530 g/mol. The average Bonchev–Trinajstić information content (AvgIpc) is 3.45. The standard InChI is InChI=1S/C27H36Cl2N6O/c1-2-22-17-34(27-24(29)15-20(16-32-27)26-30-9-10-31-26)13-14-35(22)23-7-11-33(12-8-23)25(18-36)19-3-5-21(28)6-4-19/h3-6,15-16,22-23,25,36H,2,7-14,17-18H2,1H3,(H,30,31)/t22-,25-/m0/s1. The van der Waals surface area contributed by atoms with Crippen molar-refractivity contribution in [3.8, 4) is 0 Å². The zero-order chi connectivity index (χ0) is 25.1. The Hall–Kier alpha value is -1.90. The molecular weight excluding hydrogens is 495 g/mol. The summed E-state index contributed by atoms with van der Waals surface area (Å²) in [6, 6.07) is 10.9. The van der Waals surface area contributed by atoms with Gasteiger partial charge in [0, 0.05) is 68.1 Å². The van der Waals surface area contributed by atoms with Crippen LogP contribution in [0.25, 0.3) is 0 Å². The zero-order valence-corrected chi connectivity index (χ0v) is 22.4. The number of nitrogens with zero attached hydrogens (tertiary/aromatic N) is 5. The highest BCUT2D eigenvalue weighted by atomic mass is 35.5.